The van der Waals surface area contributed by atoms with E-state index < -0.39 is 71.8 Å². The number of carbonyl (C=O) groups excluding carboxylic acids is 5. The van der Waals surface area contributed by atoms with Crippen molar-refractivity contribution in [1.29, 1.82) is 0 Å². The van der Waals surface area contributed by atoms with Gasteiger partial charge in [-0.3, -0.25) is 24.0 Å². The summed E-state index contributed by atoms with van der Waals surface area (Å²) >= 11 is 0. The van der Waals surface area contributed by atoms with Gasteiger partial charge in [-0.25, -0.2) is 4.79 Å². The van der Waals surface area contributed by atoms with E-state index in [9.17, 15) is 33.9 Å². The smallest absolute Gasteiger partial charge is 0.326 e. The second-order valence-electron chi connectivity index (χ2n) is 16.1. The lowest BCUT2D eigenvalue weighted by molar-refractivity contribution is -0.143. The highest BCUT2D eigenvalue weighted by molar-refractivity contribution is 5.96. The molecular weight excluding hydrogens is 700 g/mol. The van der Waals surface area contributed by atoms with Crippen molar-refractivity contribution in [3.05, 3.63) is 71.8 Å². The molecule has 5 amide bonds. The highest BCUT2D eigenvalue weighted by atomic mass is 16.4. The van der Waals surface area contributed by atoms with Crippen molar-refractivity contribution in [3.8, 4) is 0 Å². The minimum absolute atomic E-state index is 0.00583. The predicted molar refractivity (Wildman–Crippen MR) is 213 cm³/mol. The largest absolute Gasteiger partial charge is 0.480 e. The quantitative estimate of drug-likeness (QED) is 0.0889. The first kappa shape index (κ1) is 46.4. The molecule has 2 rings (SSSR count). The van der Waals surface area contributed by atoms with Crippen LogP contribution in [-0.2, 0) is 41.6 Å². The first-order chi connectivity index (χ1) is 25.9. The van der Waals surface area contributed by atoms with E-state index in [-0.39, 0.29) is 49.4 Å². The zero-order valence-electron chi connectivity index (χ0n) is 33.8. The second-order valence-corrected chi connectivity index (χ2v) is 16.1. The van der Waals surface area contributed by atoms with E-state index in [1.165, 1.54) is 0 Å². The van der Waals surface area contributed by atoms with Crippen molar-refractivity contribution in [2.45, 2.75) is 130 Å². The number of rotatable bonds is 23. The molecule has 6 atom stereocenters. The van der Waals surface area contributed by atoms with E-state index in [1.54, 1.807) is 24.3 Å². The summed E-state index contributed by atoms with van der Waals surface area (Å²) in [5.74, 6) is -4.00. The molecule has 2 aromatic carbocycles. The lowest BCUT2D eigenvalue weighted by Crippen LogP contribution is -2.60. The maximum absolute atomic E-state index is 14.2. The van der Waals surface area contributed by atoms with Crippen molar-refractivity contribution < 1.29 is 33.9 Å². The maximum atomic E-state index is 14.2. The van der Waals surface area contributed by atoms with Crippen molar-refractivity contribution in [2.75, 3.05) is 0 Å². The van der Waals surface area contributed by atoms with Gasteiger partial charge >= 0.3 is 5.97 Å². The molecule has 0 saturated heterocycles. The number of hydrogen-bond acceptors (Lipinski definition) is 7. The van der Waals surface area contributed by atoms with E-state index in [0.29, 0.717) is 12.8 Å². The topological polar surface area (TPSA) is 209 Å². The molecule has 0 aliphatic rings. The minimum Gasteiger partial charge on any atom is -0.480 e. The van der Waals surface area contributed by atoms with Crippen LogP contribution in [0.5, 0.6) is 0 Å². The Labute approximate surface area is 326 Å². The third-order valence-electron chi connectivity index (χ3n) is 8.90. The lowest BCUT2D eigenvalue weighted by atomic mass is 9.98. The van der Waals surface area contributed by atoms with E-state index in [4.69, 9.17) is 5.73 Å². The van der Waals surface area contributed by atoms with E-state index in [2.05, 4.69) is 26.6 Å². The van der Waals surface area contributed by atoms with Gasteiger partial charge in [0.25, 0.3) is 0 Å². The summed E-state index contributed by atoms with van der Waals surface area (Å²) in [4.78, 5) is 80.7. The van der Waals surface area contributed by atoms with Crippen LogP contribution in [0.15, 0.2) is 60.7 Å². The van der Waals surface area contributed by atoms with Crippen LogP contribution in [0.2, 0.25) is 0 Å². The van der Waals surface area contributed by atoms with Crippen LogP contribution < -0.4 is 32.3 Å². The summed E-state index contributed by atoms with van der Waals surface area (Å²) in [6.07, 6.45) is 1.29. The van der Waals surface area contributed by atoms with Crippen LogP contribution >= 0.6 is 0 Å². The zero-order valence-corrected chi connectivity index (χ0v) is 33.8. The number of carboxylic acid groups (broad SMARTS) is 1. The van der Waals surface area contributed by atoms with Gasteiger partial charge in [-0.1, -0.05) is 116 Å². The van der Waals surface area contributed by atoms with Crippen molar-refractivity contribution in [3.63, 3.8) is 0 Å². The molecule has 0 unspecified atom stereocenters. The Kier molecular flexibility index (Phi) is 19.6. The molecule has 8 N–H and O–H groups in total. The number of benzene rings is 2. The molecule has 0 aromatic heterocycles. The van der Waals surface area contributed by atoms with Crippen molar-refractivity contribution >= 4 is 35.5 Å². The Morgan fingerprint density at radius 2 is 0.745 bits per heavy atom. The molecule has 0 spiro atoms. The van der Waals surface area contributed by atoms with Crippen LogP contribution in [0.3, 0.4) is 0 Å². The number of amides is 5. The summed E-state index contributed by atoms with van der Waals surface area (Å²) in [6, 6.07) is 11.8. The van der Waals surface area contributed by atoms with E-state index in [1.807, 2.05) is 91.8 Å². The first-order valence-corrected chi connectivity index (χ1v) is 19.4. The lowest BCUT2D eigenvalue weighted by Gasteiger charge is -2.28. The van der Waals surface area contributed by atoms with Crippen LogP contribution in [0.4, 0.5) is 0 Å². The molecule has 13 heteroatoms. The van der Waals surface area contributed by atoms with Gasteiger partial charge in [0.15, 0.2) is 0 Å². The van der Waals surface area contributed by atoms with Gasteiger partial charge < -0.3 is 37.4 Å². The van der Waals surface area contributed by atoms with Crippen LogP contribution in [-0.4, -0.2) is 76.9 Å². The molecule has 0 fully saturated rings. The molecule has 0 radical (unpaired) electrons. The number of nitrogens with two attached hydrogens (primary N) is 1. The molecule has 0 saturated carbocycles. The monoisotopic (exact) mass is 764 g/mol. The van der Waals surface area contributed by atoms with E-state index >= 15 is 0 Å². The molecule has 304 valence electrons. The molecule has 13 nitrogen and oxygen atoms in total. The van der Waals surface area contributed by atoms with Crippen LogP contribution in [0.25, 0.3) is 0 Å². The first-order valence-electron chi connectivity index (χ1n) is 19.4. The highest BCUT2D eigenvalue weighted by Crippen LogP contribution is 2.13. The van der Waals surface area contributed by atoms with Gasteiger partial charge in [0, 0.05) is 12.8 Å². The fraction of sp³-hybridized carbons (Fsp3) is 0.571. The zero-order chi connectivity index (χ0) is 41.2. The molecule has 2 aromatic rings. The summed E-state index contributed by atoms with van der Waals surface area (Å²) in [5, 5.41) is 23.6. The Morgan fingerprint density at radius 3 is 1.09 bits per heavy atom. The summed E-state index contributed by atoms with van der Waals surface area (Å²) < 4.78 is 0. The normalized spacial score (nSPS) is 14.7. The van der Waals surface area contributed by atoms with Gasteiger partial charge in [-0.2, -0.15) is 0 Å². The number of nitrogens with one attached hydrogen (secondary N) is 5. The van der Waals surface area contributed by atoms with Crippen molar-refractivity contribution in [2.24, 2.45) is 29.4 Å². The van der Waals surface area contributed by atoms with Gasteiger partial charge in [0.2, 0.25) is 29.5 Å². The predicted octanol–water partition coefficient (Wildman–Crippen LogP) is 3.49. The van der Waals surface area contributed by atoms with Crippen molar-refractivity contribution in [1.82, 2.24) is 26.6 Å². The number of carbonyl (C=O) groups is 6. The second kappa shape index (κ2) is 23.2. The highest BCUT2D eigenvalue weighted by Gasteiger charge is 2.34. The Balaban J connectivity index is 2.45. The maximum Gasteiger partial charge on any atom is 0.326 e. The Hall–Kier alpha value is -4.78. The Bertz CT molecular complexity index is 1530. The summed E-state index contributed by atoms with van der Waals surface area (Å²) in [7, 11) is 0. The molecule has 0 aliphatic carbocycles. The fourth-order valence-electron chi connectivity index (χ4n) is 6.20. The SMILES string of the molecule is CC(C)C[C@H](NC(=O)[C@H](CC(C)C)NC(=O)[C@H](Cc1ccccc1)NC(=O)[C@H](Cc1ccccc1)NC(=O)[C@H](CC(C)C)NC(=O)[C@@H](N)CC(C)C)C(=O)O. The molecule has 0 heterocycles. The van der Waals surface area contributed by atoms with E-state index in [0.717, 1.165) is 11.1 Å². The third kappa shape index (κ3) is 17.5. The molecule has 55 heavy (non-hydrogen) atoms. The summed E-state index contributed by atoms with van der Waals surface area (Å²) in [6.45, 7) is 15.2. The molecule has 0 bridgehead atoms. The Morgan fingerprint density at radius 1 is 0.455 bits per heavy atom. The molecule has 0 aliphatic heterocycles. The van der Waals surface area contributed by atoms with Gasteiger partial charge in [-0.05, 0) is 60.5 Å². The standard InChI is InChI=1S/C42H64N6O7/c1-25(2)19-31(43)37(49)44-32(20-26(3)4)38(50)46-35(24-30-17-13-10-14-18-30)41(53)47-34(23-29-15-11-9-12-16-29)40(52)45-33(21-27(5)6)39(51)48-36(42(54)55)22-28(7)8/h9-18,25-28,31-36H,19-24,43H2,1-8H3,(H,44,49)(H,45,52)(H,46,50)(H,47,53)(H,48,51)(H,54,55)/t31-,32-,33-,34-,35-,36-/m0/s1. The van der Waals surface area contributed by atoms with Gasteiger partial charge in [0.1, 0.15) is 30.2 Å². The van der Waals surface area contributed by atoms with Gasteiger partial charge in [0.05, 0.1) is 6.04 Å². The minimum atomic E-state index is -1.18. The average Bonchev–Trinajstić information content (AvgIpc) is 3.09. The summed E-state index contributed by atoms with van der Waals surface area (Å²) in [5.41, 5.74) is 7.62. The number of aliphatic carboxylic acids is 1. The molecular formula is C42H64N6O7. The third-order valence-corrected chi connectivity index (χ3v) is 8.90. The number of carboxylic acids is 1. The van der Waals surface area contributed by atoms with Crippen LogP contribution in [0.1, 0.15) is 92.2 Å². The average molecular weight is 765 g/mol. The number of hydrogen-bond donors (Lipinski definition) is 7. The van der Waals surface area contributed by atoms with Gasteiger partial charge in [-0.15, -0.1) is 0 Å². The fourth-order valence-corrected chi connectivity index (χ4v) is 6.20. The van der Waals surface area contributed by atoms with Crippen LogP contribution in [0, 0.1) is 23.7 Å².